The van der Waals surface area contributed by atoms with Crippen LogP contribution >= 0.6 is 15.9 Å². The predicted molar refractivity (Wildman–Crippen MR) is 88.2 cm³/mol. The minimum atomic E-state index is 0.178. The van der Waals surface area contributed by atoms with E-state index in [1.807, 2.05) is 35.9 Å². The first-order chi connectivity index (χ1) is 10.0. The van der Waals surface area contributed by atoms with Gasteiger partial charge in [-0.05, 0) is 47.0 Å². The average molecular weight is 350 g/mol. The van der Waals surface area contributed by atoms with Gasteiger partial charge < -0.3 is 5.73 Å². The maximum atomic E-state index is 12.3. The molecule has 1 aromatic heterocycles. The van der Waals surface area contributed by atoms with Gasteiger partial charge in [-0.3, -0.25) is 9.48 Å². The number of nitrogen functional groups attached to an aromatic ring is 1. The van der Waals surface area contributed by atoms with Gasteiger partial charge in [0.15, 0.2) is 0 Å². The molecule has 0 unspecified atom stereocenters. The van der Waals surface area contributed by atoms with E-state index in [4.69, 9.17) is 5.73 Å². The van der Waals surface area contributed by atoms with E-state index < -0.39 is 0 Å². The lowest BCUT2D eigenvalue weighted by Crippen LogP contribution is -2.12. The van der Waals surface area contributed by atoms with Crippen LogP contribution in [-0.4, -0.2) is 15.6 Å². The minimum Gasteiger partial charge on any atom is -0.399 e. The van der Waals surface area contributed by atoms with Gasteiger partial charge in [-0.2, -0.15) is 5.10 Å². The van der Waals surface area contributed by atoms with Crippen molar-refractivity contribution in [3.8, 4) is 0 Å². The van der Waals surface area contributed by atoms with Gasteiger partial charge in [-0.1, -0.05) is 19.1 Å². The fourth-order valence-electron chi connectivity index (χ4n) is 2.30. The molecule has 0 radical (unpaired) electrons. The number of aromatic nitrogens is 2. The van der Waals surface area contributed by atoms with Crippen molar-refractivity contribution in [1.29, 1.82) is 0 Å². The number of hydrogen-bond acceptors (Lipinski definition) is 3. The number of halogens is 1. The Balaban J connectivity index is 2.12. The zero-order valence-corrected chi connectivity index (χ0v) is 14.0. The van der Waals surface area contributed by atoms with Gasteiger partial charge in [-0.25, -0.2) is 0 Å². The van der Waals surface area contributed by atoms with Gasteiger partial charge in [0.1, 0.15) is 5.78 Å². The van der Waals surface area contributed by atoms with E-state index in [0.717, 1.165) is 34.4 Å². The summed E-state index contributed by atoms with van der Waals surface area (Å²) in [6.45, 7) is 4.86. The van der Waals surface area contributed by atoms with E-state index >= 15 is 0 Å². The molecule has 0 spiro atoms. The molecule has 0 bridgehead atoms. The van der Waals surface area contributed by atoms with Crippen molar-refractivity contribution in [2.75, 3.05) is 5.73 Å². The summed E-state index contributed by atoms with van der Waals surface area (Å²) in [5.74, 6) is 0.178. The Morgan fingerprint density at radius 1 is 1.24 bits per heavy atom. The van der Waals surface area contributed by atoms with Crippen LogP contribution in [0.2, 0.25) is 0 Å². The Bertz CT molecular complexity index is 632. The molecule has 2 N–H and O–H groups in total. The van der Waals surface area contributed by atoms with E-state index in [1.54, 1.807) is 0 Å². The quantitative estimate of drug-likeness (QED) is 0.814. The van der Waals surface area contributed by atoms with Crippen molar-refractivity contribution in [3.63, 3.8) is 0 Å². The molecule has 2 rings (SSSR count). The van der Waals surface area contributed by atoms with Gasteiger partial charge in [0.2, 0.25) is 0 Å². The molecule has 2 aromatic rings. The number of carbonyl (C=O) groups excluding carboxylic acids is 1. The molecule has 1 aromatic carbocycles. The molecule has 0 amide bonds. The van der Waals surface area contributed by atoms with Gasteiger partial charge >= 0.3 is 0 Å². The number of anilines is 1. The lowest BCUT2D eigenvalue weighted by molar-refractivity contribution is -0.117. The number of hydrogen-bond donors (Lipinski definition) is 1. The van der Waals surface area contributed by atoms with Gasteiger partial charge in [0, 0.05) is 25.1 Å². The van der Waals surface area contributed by atoms with E-state index in [1.165, 1.54) is 0 Å². The van der Waals surface area contributed by atoms with Crippen LogP contribution in [0.3, 0.4) is 0 Å². The Kier molecular flexibility index (Phi) is 5.17. The first-order valence-corrected chi connectivity index (χ1v) is 7.94. The highest BCUT2D eigenvalue weighted by Gasteiger charge is 2.17. The molecule has 4 nitrogen and oxygen atoms in total. The summed E-state index contributed by atoms with van der Waals surface area (Å²) in [7, 11) is 0. The van der Waals surface area contributed by atoms with Crippen LogP contribution in [-0.2, 0) is 30.6 Å². The fourth-order valence-corrected chi connectivity index (χ4v) is 3.00. The highest BCUT2D eigenvalue weighted by atomic mass is 79.9. The lowest BCUT2D eigenvalue weighted by atomic mass is 10.1. The number of Topliss-reactive ketones (excluding diaryl/α,β-unsaturated/α-hetero) is 1. The molecule has 0 aliphatic heterocycles. The topological polar surface area (TPSA) is 60.9 Å². The number of benzene rings is 1. The Morgan fingerprint density at radius 3 is 2.48 bits per heavy atom. The van der Waals surface area contributed by atoms with Gasteiger partial charge in [-0.15, -0.1) is 0 Å². The number of rotatable bonds is 6. The third-order valence-electron chi connectivity index (χ3n) is 3.44. The molecule has 5 heteroatoms. The first-order valence-electron chi connectivity index (χ1n) is 7.15. The molecule has 0 atom stereocenters. The zero-order chi connectivity index (χ0) is 15.4. The number of aryl methyl sites for hydroxylation is 2. The van der Waals surface area contributed by atoms with E-state index in [2.05, 4.69) is 28.0 Å². The van der Waals surface area contributed by atoms with Crippen molar-refractivity contribution >= 4 is 27.4 Å². The maximum absolute atomic E-state index is 12.3. The summed E-state index contributed by atoms with van der Waals surface area (Å²) in [6.07, 6.45) is 1.67. The van der Waals surface area contributed by atoms with Crippen LogP contribution in [0.4, 0.5) is 5.69 Å². The molecular formula is C16H20BrN3O. The zero-order valence-electron chi connectivity index (χ0n) is 12.4. The molecule has 0 aliphatic carbocycles. The Labute approximate surface area is 133 Å². The highest BCUT2D eigenvalue weighted by Crippen LogP contribution is 2.23. The lowest BCUT2D eigenvalue weighted by Gasteiger charge is -2.05. The summed E-state index contributed by atoms with van der Waals surface area (Å²) >= 11 is 3.57. The molecule has 1 heterocycles. The van der Waals surface area contributed by atoms with E-state index in [9.17, 15) is 4.79 Å². The van der Waals surface area contributed by atoms with Crippen LogP contribution in [0.15, 0.2) is 28.7 Å². The van der Waals surface area contributed by atoms with Crippen molar-refractivity contribution < 1.29 is 4.79 Å². The van der Waals surface area contributed by atoms with E-state index in [0.29, 0.717) is 18.5 Å². The maximum Gasteiger partial charge on any atom is 0.143 e. The Morgan fingerprint density at radius 2 is 1.90 bits per heavy atom. The predicted octanol–water partition coefficient (Wildman–Crippen LogP) is 3.16. The number of ketones is 1. The molecular weight excluding hydrogens is 330 g/mol. The van der Waals surface area contributed by atoms with Crippen molar-refractivity contribution in [3.05, 3.63) is 45.7 Å². The summed E-state index contributed by atoms with van der Waals surface area (Å²) in [6, 6.07) is 7.45. The minimum absolute atomic E-state index is 0.178. The summed E-state index contributed by atoms with van der Waals surface area (Å²) in [4.78, 5) is 12.3. The smallest absolute Gasteiger partial charge is 0.143 e. The number of nitrogens with two attached hydrogens (primary N) is 1. The summed E-state index contributed by atoms with van der Waals surface area (Å²) in [5, 5.41) is 4.52. The van der Waals surface area contributed by atoms with Gasteiger partial charge in [0.25, 0.3) is 0 Å². The third-order valence-corrected chi connectivity index (χ3v) is 4.36. The molecule has 0 fully saturated rings. The van der Waals surface area contributed by atoms with Crippen molar-refractivity contribution in [2.24, 2.45) is 0 Å². The average Bonchev–Trinajstić information content (AvgIpc) is 2.77. The monoisotopic (exact) mass is 349 g/mol. The molecule has 21 heavy (non-hydrogen) atoms. The third kappa shape index (κ3) is 3.73. The molecule has 0 aliphatic rings. The second-order valence-corrected chi connectivity index (χ2v) is 5.80. The van der Waals surface area contributed by atoms with E-state index in [-0.39, 0.29) is 5.78 Å². The standard InChI is InChI=1S/C16H20BrN3O/c1-3-14-16(17)15(20(4-2)19-14)10-13(21)9-11-5-7-12(18)8-6-11/h5-8H,3-4,9-10,18H2,1-2H3. The van der Waals surface area contributed by atoms with Crippen LogP contribution in [0.1, 0.15) is 30.8 Å². The second-order valence-electron chi connectivity index (χ2n) is 5.01. The van der Waals surface area contributed by atoms with Crippen LogP contribution in [0.25, 0.3) is 0 Å². The largest absolute Gasteiger partial charge is 0.399 e. The normalized spacial score (nSPS) is 10.8. The Hall–Kier alpha value is -1.62. The fraction of sp³-hybridized carbons (Fsp3) is 0.375. The first kappa shape index (κ1) is 15.8. The van der Waals surface area contributed by atoms with Crippen LogP contribution in [0, 0.1) is 0 Å². The number of nitrogens with zero attached hydrogens (tertiary/aromatic N) is 2. The summed E-state index contributed by atoms with van der Waals surface area (Å²) < 4.78 is 2.88. The summed E-state index contributed by atoms with van der Waals surface area (Å²) in [5.41, 5.74) is 9.33. The number of carbonyl (C=O) groups is 1. The van der Waals surface area contributed by atoms with Crippen LogP contribution < -0.4 is 5.73 Å². The van der Waals surface area contributed by atoms with Crippen molar-refractivity contribution in [1.82, 2.24) is 9.78 Å². The second kappa shape index (κ2) is 6.89. The van der Waals surface area contributed by atoms with Gasteiger partial charge in [0.05, 0.1) is 15.9 Å². The molecule has 0 saturated heterocycles. The van der Waals surface area contributed by atoms with Crippen molar-refractivity contribution in [2.45, 2.75) is 39.7 Å². The molecule has 0 saturated carbocycles. The highest BCUT2D eigenvalue weighted by molar-refractivity contribution is 9.10. The SMILES string of the molecule is CCc1nn(CC)c(CC(=O)Cc2ccc(N)cc2)c1Br. The molecule has 112 valence electrons. The van der Waals surface area contributed by atoms with Crippen LogP contribution in [0.5, 0.6) is 0 Å².